The molecule has 0 radical (unpaired) electrons. The zero-order valence-corrected chi connectivity index (χ0v) is 13.7. The first kappa shape index (κ1) is 15.4. The predicted molar refractivity (Wildman–Crippen MR) is 87.3 cm³/mol. The van der Waals surface area contributed by atoms with E-state index in [1.54, 1.807) is 0 Å². The van der Waals surface area contributed by atoms with E-state index in [0.29, 0.717) is 17.4 Å². The summed E-state index contributed by atoms with van der Waals surface area (Å²) in [6, 6.07) is 13.9. The Balaban J connectivity index is 1.99. The molecule has 0 unspecified atom stereocenters. The number of ether oxygens (including phenoxy) is 1. The number of halogens is 2. The van der Waals surface area contributed by atoms with E-state index in [1.807, 2.05) is 42.5 Å². The number of hydrogen-bond donors (Lipinski definition) is 1. The van der Waals surface area contributed by atoms with E-state index >= 15 is 0 Å². The molecule has 0 atom stereocenters. The molecule has 0 saturated heterocycles. The van der Waals surface area contributed by atoms with Gasteiger partial charge in [0, 0.05) is 11.0 Å². The minimum absolute atomic E-state index is 0.506. The summed E-state index contributed by atoms with van der Waals surface area (Å²) in [5, 5.41) is 3.92. The fraction of sp³-hybridized carbons (Fsp3) is 0.250. The van der Waals surface area contributed by atoms with Gasteiger partial charge in [-0.25, -0.2) is 0 Å². The quantitative estimate of drug-likeness (QED) is 0.805. The molecule has 1 N–H and O–H groups in total. The fourth-order valence-corrected chi connectivity index (χ4v) is 2.53. The van der Waals surface area contributed by atoms with E-state index in [0.717, 1.165) is 28.7 Å². The largest absolute Gasteiger partial charge is 0.487 e. The van der Waals surface area contributed by atoms with Crippen molar-refractivity contribution in [1.82, 2.24) is 5.32 Å². The Labute approximate surface area is 133 Å². The van der Waals surface area contributed by atoms with Gasteiger partial charge in [0.2, 0.25) is 0 Å². The molecule has 2 aromatic rings. The van der Waals surface area contributed by atoms with Crippen molar-refractivity contribution in [3.8, 4) is 5.75 Å². The molecule has 0 bridgehead atoms. The van der Waals surface area contributed by atoms with Crippen LogP contribution in [0.3, 0.4) is 0 Å². The molecule has 0 amide bonds. The maximum absolute atomic E-state index is 6.24. The van der Waals surface area contributed by atoms with E-state index in [1.165, 1.54) is 0 Å². The van der Waals surface area contributed by atoms with Crippen LogP contribution in [0.5, 0.6) is 5.75 Å². The van der Waals surface area contributed by atoms with Gasteiger partial charge < -0.3 is 10.1 Å². The maximum Gasteiger partial charge on any atom is 0.138 e. The molecule has 106 valence electrons. The summed E-state index contributed by atoms with van der Waals surface area (Å²) in [6.45, 7) is 4.35. The summed E-state index contributed by atoms with van der Waals surface area (Å²) in [5.41, 5.74) is 2.26. The van der Waals surface area contributed by atoms with E-state index < -0.39 is 0 Å². The summed E-state index contributed by atoms with van der Waals surface area (Å²) in [6.07, 6.45) is 0. The number of nitrogens with one attached hydrogen (secondary N) is 1. The van der Waals surface area contributed by atoms with Crippen molar-refractivity contribution < 1.29 is 4.74 Å². The third-order valence-electron chi connectivity index (χ3n) is 2.86. The van der Waals surface area contributed by atoms with Crippen LogP contribution in [0.2, 0.25) is 5.02 Å². The number of rotatable bonds is 6. The molecule has 0 aliphatic rings. The van der Waals surface area contributed by atoms with Crippen molar-refractivity contribution in [3.05, 3.63) is 63.1 Å². The third kappa shape index (κ3) is 4.51. The Morgan fingerprint density at radius 2 is 2.00 bits per heavy atom. The summed E-state index contributed by atoms with van der Waals surface area (Å²) in [4.78, 5) is 0. The van der Waals surface area contributed by atoms with Crippen LogP contribution in [0.1, 0.15) is 18.1 Å². The molecule has 2 aromatic carbocycles. The van der Waals surface area contributed by atoms with Crippen LogP contribution >= 0.6 is 27.5 Å². The summed E-state index contributed by atoms with van der Waals surface area (Å²) in [7, 11) is 0. The second kappa shape index (κ2) is 7.67. The molecule has 0 heterocycles. The Bertz CT molecular complexity index is 574. The van der Waals surface area contributed by atoms with Crippen molar-refractivity contribution >= 4 is 27.5 Å². The van der Waals surface area contributed by atoms with Crippen LogP contribution in [0, 0.1) is 0 Å². The summed E-state index contributed by atoms with van der Waals surface area (Å²) in [5.74, 6) is 0.715. The van der Waals surface area contributed by atoms with Gasteiger partial charge in [0.15, 0.2) is 0 Å². The van der Waals surface area contributed by atoms with Crippen molar-refractivity contribution in [2.24, 2.45) is 0 Å². The number of benzene rings is 2. The second-order valence-corrected chi connectivity index (χ2v) is 5.79. The minimum Gasteiger partial charge on any atom is -0.487 e. The van der Waals surface area contributed by atoms with E-state index in [4.69, 9.17) is 16.3 Å². The molecule has 0 spiro atoms. The van der Waals surface area contributed by atoms with Gasteiger partial charge in [-0.3, -0.25) is 0 Å². The van der Waals surface area contributed by atoms with Gasteiger partial charge in [-0.2, -0.15) is 0 Å². The highest BCUT2D eigenvalue weighted by Crippen LogP contribution is 2.26. The Hall–Kier alpha value is -1.03. The van der Waals surface area contributed by atoms with Crippen molar-refractivity contribution in [1.29, 1.82) is 0 Å². The summed E-state index contributed by atoms with van der Waals surface area (Å²) >= 11 is 9.69. The van der Waals surface area contributed by atoms with Gasteiger partial charge in [-0.05, 0) is 41.9 Å². The molecular formula is C16H17BrClNO. The summed E-state index contributed by atoms with van der Waals surface area (Å²) < 4.78 is 6.81. The van der Waals surface area contributed by atoms with E-state index in [-0.39, 0.29) is 0 Å². The molecule has 4 heteroatoms. The van der Waals surface area contributed by atoms with Crippen LogP contribution < -0.4 is 10.1 Å². The van der Waals surface area contributed by atoms with Crippen LogP contribution in [0.15, 0.2) is 46.9 Å². The molecule has 0 saturated carbocycles. The molecule has 20 heavy (non-hydrogen) atoms. The highest BCUT2D eigenvalue weighted by atomic mass is 79.9. The lowest BCUT2D eigenvalue weighted by Gasteiger charge is -2.10. The molecule has 2 rings (SSSR count). The predicted octanol–water partition coefficient (Wildman–Crippen LogP) is 4.79. The highest BCUT2D eigenvalue weighted by molar-refractivity contribution is 9.10. The normalized spacial score (nSPS) is 10.6. The Morgan fingerprint density at radius 1 is 1.15 bits per heavy atom. The van der Waals surface area contributed by atoms with E-state index in [9.17, 15) is 0 Å². The average molecular weight is 355 g/mol. The third-order valence-corrected chi connectivity index (χ3v) is 3.65. The molecule has 0 aliphatic heterocycles. The zero-order valence-electron chi connectivity index (χ0n) is 11.3. The van der Waals surface area contributed by atoms with Crippen LogP contribution in [-0.2, 0) is 13.2 Å². The Morgan fingerprint density at radius 3 is 2.70 bits per heavy atom. The molecule has 0 aromatic heterocycles. The standard InChI is InChI=1S/C16H17BrClNO/c1-2-19-10-12-6-7-16(15(18)9-12)20-11-13-4-3-5-14(17)8-13/h3-9,19H,2,10-11H2,1H3. The average Bonchev–Trinajstić information content (AvgIpc) is 2.44. The fourth-order valence-electron chi connectivity index (χ4n) is 1.83. The second-order valence-electron chi connectivity index (χ2n) is 4.46. The lowest BCUT2D eigenvalue weighted by atomic mass is 10.2. The maximum atomic E-state index is 6.24. The van der Waals surface area contributed by atoms with Crippen LogP contribution in [0.4, 0.5) is 0 Å². The van der Waals surface area contributed by atoms with Gasteiger partial charge in [0.25, 0.3) is 0 Å². The minimum atomic E-state index is 0.506. The number of hydrogen-bond acceptors (Lipinski definition) is 2. The first-order chi connectivity index (χ1) is 9.69. The molecular weight excluding hydrogens is 338 g/mol. The highest BCUT2D eigenvalue weighted by Gasteiger charge is 2.04. The molecule has 0 fully saturated rings. The van der Waals surface area contributed by atoms with Gasteiger partial charge in [-0.1, -0.05) is 52.7 Å². The lowest BCUT2D eigenvalue weighted by molar-refractivity contribution is 0.306. The van der Waals surface area contributed by atoms with Gasteiger partial charge in [0.1, 0.15) is 12.4 Å². The van der Waals surface area contributed by atoms with Crippen molar-refractivity contribution in [2.45, 2.75) is 20.1 Å². The van der Waals surface area contributed by atoms with Crippen molar-refractivity contribution in [3.63, 3.8) is 0 Å². The topological polar surface area (TPSA) is 21.3 Å². The van der Waals surface area contributed by atoms with E-state index in [2.05, 4.69) is 28.2 Å². The molecule has 0 aliphatic carbocycles. The van der Waals surface area contributed by atoms with Gasteiger partial charge in [-0.15, -0.1) is 0 Å². The zero-order chi connectivity index (χ0) is 14.4. The first-order valence-electron chi connectivity index (χ1n) is 6.55. The molecule has 2 nitrogen and oxygen atoms in total. The first-order valence-corrected chi connectivity index (χ1v) is 7.72. The monoisotopic (exact) mass is 353 g/mol. The Kier molecular flexibility index (Phi) is 5.89. The SMILES string of the molecule is CCNCc1ccc(OCc2cccc(Br)c2)c(Cl)c1. The van der Waals surface area contributed by atoms with Crippen LogP contribution in [-0.4, -0.2) is 6.54 Å². The smallest absolute Gasteiger partial charge is 0.138 e. The van der Waals surface area contributed by atoms with Gasteiger partial charge in [0.05, 0.1) is 5.02 Å². The van der Waals surface area contributed by atoms with Crippen molar-refractivity contribution in [2.75, 3.05) is 6.54 Å². The lowest BCUT2D eigenvalue weighted by Crippen LogP contribution is -2.11. The van der Waals surface area contributed by atoms with Gasteiger partial charge >= 0.3 is 0 Å². The van der Waals surface area contributed by atoms with Crippen LogP contribution in [0.25, 0.3) is 0 Å².